The van der Waals surface area contributed by atoms with Gasteiger partial charge in [0.05, 0.1) is 12.2 Å². The molecule has 0 bridgehead atoms. The van der Waals surface area contributed by atoms with Gasteiger partial charge in [0.15, 0.2) is 0 Å². The maximum Gasteiger partial charge on any atom is 0.348 e. The number of aryl methyl sites for hydroxylation is 1. The zero-order chi connectivity index (χ0) is 14.2. The number of rotatable bonds is 2. The van der Waals surface area contributed by atoms with E-state index in [-0.39, 0.29) is 17.7 Å². The fourth-order valence-corrected chi connectivity index (χ4v) is 4.08. The Morgan fingerprint density at radius 2 is 2.25 bits per heavy atom. The van der Waals surface area contributed by atoms with Crippen molar-refractivity contribution in [1.29, 1.82) is 0 Å². The van der Waals surface area contributed by atoms with E-state index in [2.05, 4.69) is 0 Å². The summed E-state index contributed by atoms with van der Waals surface area (Å²) in [5.41, 5.74) is 6.44. The van der Waals surface area contributed by atoms with Crippen LogP contribution in [0, 0.1) is 6.92 Å². The molecule has 0 aromatic carbocycles. The van der Waals surface area contributed by atoms with E-state index in [9.17, 15) is 4.79 Å². The van der Waals surface area contributed by atoms with Crippen molar-refractivity contribution in [3.05, 3.63) is 15.8 Å². The third-order valence-electron chi connectivity index (χ3n) is 4.39. The number of ether oxygens (including phenoxy) is 2. The fourth-order valence-electron chi connectivity index (χ4n) is 3.26. The monoisotopic (exact) mass is 295 g/mol. The Balaban J connectivity index is 1.63. The summed E-state index contributed by atoms with van der Waals surface area (Å²) in [7, 11) is 0. The number of nitrogen functional groups attached to an aromatic ring is 1. The van der Waals surface area contributed by atoms with Crippen LogP contribution < -0.4 is 5.73 Å². The van der Waals surface area contributed by atoms with Gasteiger partial charge in [-0.1, -0.05) is 12.8 Å². The molecule has 1 saturated carbocycles. The van der Waals surface area contributed by atoms with Crippen LogP contribution in [0.25, 0.3) is 0 Å². The summed E-state index contributed by atoms with van der Waals surface area (Å²) in [5.74, 6) is -0.241. The minimum absolute atomic E-state index is 0.0158. The van der Waals surface area contributed by atoms with Crippen LogP contribution in [0.15, 0.2) is 6.07 Å². The molecule has 1 aliphatic carbocycles. The smallest absolute Gasteiger partial charge is 0.348 e. The molecule has 2 heterocycles. The van der Waals surface area contributed by atoms with Crippen molar-refractivity contribution < 1.29 is 14.3 Å². The second kappa shape index (κ2) is 5.37. The summed E-state index contributed by atoms with van der Waals surface area (Å²) < 4.78 is 11.6. The first-order chi connectivity index (χ1) is 9.58. The SMILES string of the molecule is Cc1sc(C(=O)OC2CCOC3(CCCC3)C2)cc1N. The Labute approximate surface area is 123 Å². The Kier molecular flexibility index (Phi) is 3.73. The van der Waals surface area contributed by atoms with Crippen LogP contribution in [0.1, 0.15) is 53.1 Å². The van der Waals surface area contributed by atoms with Gasteiger partial charge in [-0.05, 0) is 25.8 Å². The Morgan fingerprint density at radius 3 is 2.90 bits per heavy atom. The van der Waals surface area contributed by atoms with Crippen LogP contribution in [0.4, 0.5) is 5.69 Å². The van der Waals surface area contributed by atoms with Gasteiger partial charge in [0, 0.05) is 23.4 Å². The lowest BCUT2D eigenvalue weighted by molar-refractivity contribution is -0.117. The molecule has 3 rings (SSSR count). The lowest BCUT2D eigenvalue weighted by atomic mass is 9.90. The molecule has 110 valence electrons. The number of hydrogen-bond donors (Lipinski definition) is 1. The summed E-state index contributed by atoms with van der Waals surface area (Å²) >= 11 is 1.40. The van der Waals surface area contributed by atoms with Gasteiger partial charge in [-0.2, -0.15) is 0 Å². The van der Waals surface area contributed by atoms with Crippen molar-refractivity contribution >= 4 is 23.0 Å². The summed E-state index contributed by atoms with van der Waals surface area (Å²) in [6.45, 7) is 2.61. The van der Waals surface area contributed by atoms with Crippen LogP contribution in [-0.2, 0) is 9.47 Å². The maximum absolute atomic E-state index is 12.2. The van der Waals surface area contributed by atoms with Crippen molar-refractivity contribution in [2.75, 3.05) is 12.3 Å². The van der Waals surface area contributed by atoms with Crippen molar-refractivity contribution in [1.82, 2.24) is 0 Å². The molecule has 1 aromatic heterocycles. The zero-order valence-corrected chi connectivity index (χ0v) is 12.6. The normalized spacial score (nSPS) is 24.9. The van der Waals surface area contributed by atoms with Crippen molar-refractivity contribution in [3.63, 3.8) is 0 Å². The average molecular weight is 295 g/mol. The number of nitrogens with two attached hydrogens (primary N) is 1. The van der Waals surface area contributed by atoms with E-state index in [1.165, 1.54) is 24.2 Å². The zero-order valence-electron chi connectivity index (χ0n) is 11.8. The van der Waals surface area contributed by atoms with E-state index in [1.807, 2.05) is 6.92 Å². The van der Waals surface area contributed by atoms with Gasteiger partial charge in [0.2, 0.25) is 0 Å². The predicted octanol–water partition coefficient (Wildman–Crippen LogP) is 3.29. The van der Waals surface area contributed by atoms with Gasteiger partial charge in [0.25, 0.3) is 0 Å². The van der Waals surface area contributed by atoms with E-state index < -0.39 is 0 Å². The highest BCUT2D eigenvalue weighted by molar-refractivity contribution is 7.14. The minimum Gasteiger partial charge on any atom is -0.458 e. The molecule has 0 amide bonds. The Hall–Kier alpha value is -1.07. The van der Waals surface area contributed by atoms with Gasteiger partial charge in [-0.3, -0.25) is 0 Å². The average Bonchev–Trinajstić information content (AvgIpc) is 2.98. The molecule has 2 fully saturated rings. The van der Waals surface area contributed by atoms with Gasteiger partial charge in [0.1, 0.15) is 11.0 Å². The molecule has 2 aliphatic rings. The Morgan fingerprint density at radius 1 is 1.50 bits per heavy atom. The van der Waals surface area contributed by atoms with Gasteiger partial charge < -0.3 is 15.2 Å². The molecule has 20 heavy (non-hydrogen) atoms. The van der Waals surface area contributed by atoms with Crippen LogP contribution in [0.5, 0.6) is 0 Å². The molecular formula is C15H21NO3S. The number of hydrogen-bond acceptors (Lipinski definition) is 5. The molecular weight excluding hydrogens is 274 g/mol. The number of carbonyl (C=O) groups excluding carboxylic acids is 1. The van der Waals surface area contributed by atoms with Crippen LogP contribution in [0.2, 0.25) is 0 Å². The predicted molar refractivity (Wildman–Crippen MR) is 79.1 cm³/mol. The largest absolute Gasteiger partial charge is 0.458 e. The topological polar surface area (TPSA) is 61.5 Å². The first-order valence-electron chi connectivity index (χ1n) is 7.29. The van der Waals surface area contributed by atoms with Crippen LogP contribution in [-0.4, -0.2) is 24.3 Å². The van der Waals surface area contributed by atoms with Gasteiger partial charge >= 0.3 is 5.97 Å². The minimum atomic E-state index is -0.241. The van der Waals surface area contributed by atoms with E-state index in [1.54, 1.807) is 6.07 Å². The number of carbonyl (C=O) groups is 1. The van der Waals surface area contributed by atoms with E-state index in [4.69, 9.17) is 15.2 Å². The van der Waals surface area contributed by atoms with Crippen molar-refractivity contribution in [2.45, 2.75) is 57.2 Å². The van der Waals surface area contributed by atoms with Gasteiger partial charge in [-0.25, -0.2) is 4.79 Å². The van der Waals surface area contributed by atoms with Crippen molar-refractivity contribution in [2.24, 2.45) is 0 Å². The molecule has 0 radical (unpaired) electrons. The van der Waals surface area contributed by atoms with E-state index in [0.29, 0.717) is 17.2 Å². The first kappa shape index (κ1) is 13.9. The summed E-state index contributed by atoms with van der Waals surface area (Å²) in [6, 6.07) is 1.72. The molecule has 1 saturated heterocycles. The summed E-state index contributed by atoms with van der Waals surface area (Å²) in [4.78, 5) is 13.7. The van der Waals surface area contributed by atoms with Crippen LogP contribution in [0.3, 0.4) is 0 Å². The van der Waals surface area contributed by atoms with Crippen LogP contribution >= 0.6 is 11.3 Å². The fraction of sp³-hybridized carbons (Fsp3) is 0.667. The van der Waals surface area contributed by atoms with Crippen molar-refractivity contribution in [3.8, 4) is 0 Å². The third-order valence-corrected chi connectivity index (χ3v) is 5.44. The number of esters is 1. The van der Waals surface area contributed by atoms with E-state index >= 15 is 0 Å². The molecule has 2 N–H and O–H groups in total. The molecule has 1 unspecified atom stereocenters. The van der Waals surface area contributed by atoms with Gasteiger partial charge in [-0.15, -0.1) is 11.3 Å². The molecule has 5 heteroatoms. The maximum atomic E-state index is 12.2. The highest BCUT2D eigenvalue weighted by Gasteiger charge is 2.41. The molecule has 1 aliphatic heterocycles. The molecule has 4 nitrogen and oxygen atoms in total. The summed E-state index contributed by atoms with van der Waals surface area (Å²) in [5, 5.41) is 0. The second-order valence-electron chi connectivity index (χ2n) is 5.88. The van der Waals surface area contributed by atoms with E-state index in [0.717, 1.165) is 30.6 Å². The standard InChI is InChI=1S/C15H21NO3S/c1-10-12(16)8-13(20-10)14(17)19-11-4-7-18-15(9-11)5-2-3-6-15/h8,11H,2-7,9,16H2,1H3. The lowest BCUT2D eigenvalue weighted by Crippen LogP contribution is -2.41. The lowest BCUT2D eigenvalue weighted by Gasteiger charge is -2.37. The molecule has 1 spiro atoms. The molecule has 1 aromatic rings. The molecule has 1 atom stereocenters. The first-order valence-corrected chi connectivity index (χ1v) is 8.10. The highest BCUT2D eigenvalue weighted by Crippen LogP contribution is 2.41. The second-order valence-corrected chi connectivity index (χ2v) is 7.14. The number of anilines is 1. The number of thiophene rings is 1. The summed E-state index contributed by atoms with van der Waals surface area (Å²) in [6.07, 6.45) is 6.28. The highest BCUT2D eigenvalue weighted by atomic mass is 32.1. The third kappa shape index (κ3) is 2.69. The Bertz CT molecular complexity index is 486. The quantitative estimate of drug-likeness (QED) is 0.850.